The van der Waals surface area contributed by atoms with Crippen molar-refractivity contribution in [2.45, 2.75) is 6.54 Å². The van der Waals surface area contributed by atoms with E-state index in [1.807, 2.05) is 42.5 Å². The molecular formula is C18H19N3O3. The zero-order valence-electron chi connectivity index (χ0n) is 13.4. The highest BCUT2D eigenvalue weighted by Gasteiger charge is 2.03. The minimum atomic E-state index is -0.153. The maximum Gasteiger partial charge on any atom is 0.260 e. The predicted octanol–water partition coefficient (Wildman–Crippen LogP) is 2.56. The standard InChI is InChI=1S/C18H19N3O3/c1-23-9-10-24-14-6-4-5-13(11-14)12-19-18-20-16-8-3-2-7-15(16)17(22)21-18/h2-8,11H,9-10,12H2,1H3,(H2,19,20,21,22). The average molecular weight is 325 g/mol. The number of fused-ring (bicyclic) bond motifs is 1. The van der Waals surface area contributed by atoms with Gasteiger partial charge < -0.3 is 14.8 Å². The van der Waals surface area contributed by atoms with E-state index in [1.165, 1.54) is 0 Å². The molecule has 2 aromatic carbocycles. The van der Waals surface area contributed by atoms with Gasteiger partial charge in [-0.2, -0.15) is 0 Å². The molecule has 0 saturated carbocycles. The average Bonchev–Trinajstić information content (AvgIpc) is 2.61. The zero-order chi connectivity index (χ0) is 16.8. The first-order chi connectivity index (χ1) is 11.8. The monoisotopic (exact) mass is 325 g/mol. The van der Waals surface area contributed by atoms with Crippen molar-refractivity contribution in [1.82, 2.24) is 9.97 Å². The third-order valence-electron chi connectivity index (χ3n) is 3.53. The molecule has 0 aliphatic rings. The van der Waals surface area contributed by atoms with Crippen LogP contribution < -0.4 is 15.6 Å². The van der Waals surface area contributed by atoms with Crippen LogP contribution in [0.3, 0.4) is 0 Å². The molecule has 3 aromatic rings. The molecular weight excluding hydrogens is 306 g/mol. The zero-order valence-corrected chi connectivity index (χ0v) is 13.4. The van der Waals surface area contributed by atoms with E-state index in [0.29, 0.717) is 36.6 Å². The van der Waals surface area contributed by atoms with E-state index < -0.39 is 0 Å². The number of aromatic nitrogens is 2. The third kappa shape index (κ3) is 3.91. The lowest BCUT2D eigenvalue weighted by molar-refractivity contribution is 0.146. The Kier molecular flexibility index (Phi) is 5.08. The molecule has 0 radical (unpaired) electrons. The molecule has 1 aromatic heterocycles. The van der Waals surface area contributed by atoms with Gasteiger partial charge in [-0.05, 0) is 29.8 Å². The minimum absolute atomic E-state index is 0.153. The smallest absolute Gasteiger partial charge is 0.260 e. The molecule has 3 rings (SSSR count). The number of hydrogen-bond donors (Lipinski definition) is 2. The molecule has 0 atom stereocenters. The molecule has 0 unspecified atom stereocenters. The highest BCUT2D eigenvalue weighted by Crippen LogP contribution is 2.14. The van der Waals surface area contributed by atoms with E-state index in [9.17, 15) is 4.79 Å². The van der Waals surface area contributed by atoms with E-state index >= 15 is 0 Å². The maximum atomic E-state index is 12.0. The molecule has 2 N–H and O–H groups in total. The molecule has 6 nitrogen and oxygen atoms in total. The number of nitrogens with zero attached hydrogens (tertiary/aromatic N) is 1. The van der Waals surface area contributed by atoms with Gasteiger partial charge in [0, 0.05) is 13.7 Å². The molecule has 0 bridgehead atoms. The largest absolute Gasteiger partial charge is 0.491 e. The first kappa shape index (κ1) is 16.0. The fourth-order valence-electron chi connectivity index (χ4n) is 2.34. The number of methoxy groups -OCH3 is 1. The number of para-hydroxylation sites is 1. The van der Waals surface area contributed by atoms with Gasteiger partial charge in [0.25, 0.3) is 5.56 Å². The van der Waals surface area contributed by atoms with E-state index in [0.717, 1.165) is 11.3 Å². The topological polar surface area (TPSA) is 76.2 Å². The van der Waals surface area contributed by atoms with Crippen molar-refractivity contribution in [2.75, 3.05) is 25.6 Å². The number of benzene rings is 2. The van der Waals surface area contributed by atoms with Crippen LogP contribution in [0.2, 0.25) is 0 Å². The van der Waals surface area contributed by atoms with Crippen LogP contribution in [-0.4, -0.2) is 30.3 Å². The molecule has 0 aliphatic heterocycles. The Bertz CT molecular complexity index is 877. The summed E-state index contributed by atoms with van der Waals surface area (Å²) in [6.07, 6.45) is 0. The summed E-state index contributed by atoms with van der Waals surface area (Å²) in [6.45, 7) is 1.58. The summed E-state index contributed by atoms with van der Waals surface area (Å²) in [7, 11) is 1.64. The number of anilines is 1. The van der Waals surface area contributed by atoms with E-state index in [-0.39, 0.29) is 5.56 Å². The van der Waals surface area contributed by atoms with E-state index in [1.54, 1.807) is 13.2 Å². The second-order valence-electron chi connectivity index (χ2n) is 5.27. The first-order valence-electron chi connectivity index (χ1n) is 7.70. The van der Waals surface area contributed by atoms with Gasteiger partial charge >= 0.3 is 0 Å². The third-order valence-corrected chi connectivity index (χ3v) is 3.53. The van der Waals surface area contributed by atoms with Crippen molar-refractivity contribution >= 4 is 16.9 Å². The second kappa shape index (κ2) is 7.61. The van der Waals surface area contributed by atoms with Crippen LogP contribution in [0.15, 0.2) is 53.3 Å². The van der Waals surface area contributed by atoms with E-state index in [2.05, 4.69) is 15.3 Å². The normalized spacial score (nSPS) is 10.7. The minimum Gasteiger partial charge on any atom is -0.491 e. The summed E-state index contributed by atoms with van der Waals surface area (Å²) in [5.74, 6) is 1.23. The van der Waals surface area contributed by atoms with Gasteiger partial charge in [-0.1, -0.05) is 24.3 Å². The van der Waals surface area contributed by atoms with Crippen LogP contribution in [0.25, 0.3) is 10.9 Å². The molecule has 0 saturated heterocycles. The van der Waals surface area contributed by atoms with Crippen LogP contribution in [0, 0.1) is 0 Å². The Hall–Kier alpha value is -2.86. The number of hydrogen-bond acceptors (Lipinski definition) is 5. The highest BCUT2D eigenvalue weighted by molar-refractivity contribution is 5.78. The van der Waals surface area contributed by atoms with Gasteiger partial charge in [-0.25, -0.2) is 4.98 Å². The Morgan fingerprint density at radius 2 is 2.00 bits per heavy atom. The van der Waals surface area contributed by atoms with Crippen molar-refractivity contribution in [1.29, 1.82) is 0 Å². The summed E-state index contributed by atoms with van der Waals surface area (Å²) in [5, 5.41) is 3.72. The molecule has 24 heavy (non-hydrogen) atoms. The van der Waals surface area contributed by atoms with Crippen LogP contribution in [0.5, 0.6) is 5.75 Å². The SMILES string of the molecule is COCCOc1cccc(CNc2nc3ccccc3c(=O)[nH]2)c1. The van der Waals surface area contributed by atoms with Gasteiger partial charge in [0.1, 0.15) is 12.4 Å². The number of nitrogens with one attached hydrogen (secondary N) is 2. The predicted molar refractivity (Wildman–Crippen MR) is 93.5 cm³/mol. The van der Waals surface area contributed by atoms with Gasteiger partial charge in [0.15, 0.2) is 0 Å². The Balaban J connectivity index is 1.69. The van der Waals surface area contributed by atoms with Gasteiger partial charge in [0.2, 0.25) is 5.95 Å². The molecule has 0 fully saturated rings. The Labute approximate surface area is 139 Å². The van der Waals surface area contributed by atoms with Crippen molar-refractivity contribution in [3.8, 4) is 5.75 Å². The van der Waals surface area contributed by atoms with Crippen LogP contribution in [0.4, 0.5) is 5.95 Å². The number of H-pyrrole nitrogens is 1. The fourth-order valence-corrected chi connectivity index (χ4v) is 2.34. The molecule has 0 aliphatic carbocycles. The van der Waals surface area contributed by atoms with Crippen molar-refractivity contribution in [3.63, 3.8) is 0 Å². The molecule has 6 heteroatoms. The van der Waals surface area contributed by atoms with Crippen LogP contribution in [0.1, 0.15) is 5.56 Å². The first-order valence-corrected chi connectivity index (χ1v) is 7.70. The molecule has 1 heterocycles. The summed E-state index contributed by atoms with van der Waals surface area (Å²) in [5.41, 5.74) is 1.54. The summed E-state index contributed by atoms with van der Waals surface area (Å²) in [4.78, 5) is 19.2. The molecule has 0 amide bonds. The summed E-state index contributed by atoms with van der Waals surface area (Å²) in [6, 6.07) is 15.0. The maximum absolute atomic E-state index is 12.0. The lowest BCUT2D eigenvalue weighted by Gasteiger charge is -2.09. The van der Waals surface area contributed by atoms with E-state index in [4.69, 9.17) is 9.47 Å². The number of ether oxygens (including phenoxy) is 2. The second-order valence-corrected chi connectivity index (χ2v) is 5.27. The summed E-state index contributed by atoms with van der Waals surface area (Å²) >= 11 is 0. The number of aromatic amines is 1. The number of rotatable bonds is 7. The summed E-state index contributed by atoms with van der Waals surface area (Å²) < 4.78 is 10.6. The highest BCUT2D eigenvalue weighted by atomic mass is 16.5. The fraction of sp³-hybridized carbons (Fsp3) is 0.222. The Morgan fingerprint density at radius 1 is 1.12 bits per heavy atom. The van der Waals surface area contributed by atoms with Gasteiger partial charge in [0.05, 0.1) is 17.5 Å². The lowest BCUT2D eigenvalue weighted by Crippen LogP contribution is -2.13. The lowest BCUT2D eigenvalue weighted by atomic mass is 10.2. The van der Waals surface area contributed by atoms with Crippen LogP contribution in [-0.2, 0) is 11.3 Å². The van der Waals surface area contributed by atoms with Crippen molar-refractivity contribution in [2.24, 2.45) is 0 Å². The quantitative estimate of drug-likeness (QED) is 0.653. The molecule has 0 spiro atoms. The van der Waals surface area contributed by atoms with Gasteiger partial charge in [-0.3, -0.25) is 9.78 Å². The van der Waals surface area contributed by atoms with Gasteiger partial charge in [-0.15, -0.1) is 0 Å². The van der Waals surface area contributed by atoms with Crippen molar-refractivity contribution in [3.05, 3.63) is 64.4 Å². The molecule has 124 valence electrons. The van der Waals surface area contributed by atoms with Crippen LogP contribution >= 0.6 is 0 Å². The van der Waals surface area contributed by atoms with Crippen molar-refractivity contribution < 1.29 is 9.47 Å². The Morgan fingerprint density at radius 3 is 2.88 bits per heavy atom.